The Morgan fingerprint density at radius 1 is 1.29 bits per heavy atom. The molecule has 0 atom stereocenters. The monoisotopic (exact) mass is 232 g/mol. The molecule has 1 aliphatic carbocycles. The Balaban J connectivity index is 1.64. The minimum atomic E-state index is 0.108. The molecule has 1 aliphatic rings. The molecule has 3 nitrogen and oxygen atoms in total. The van der Waals surface area contributed by atoms with Crippen molar-refractivity contribution in [1.29, 1.82) is 0 Å². The first-order valence-electron chi connectivity index (χ1n) is 6.28. The molecule has 0 aliphatic heterocycles. The van der Waals surface area contributed by atoms with Crippen molar-refractivity contribution in [3.63, 3.8) is 0 Å². The number of benzene rings is 1. The van der Waals surface area contributed by atoms with Crippen LogP contribution >= 0.6 is 0 Å². The predicted octanol–water partition coefficient (Wildman–Crippen LogP) is 1.66. The van der Waals surface area contributed by atoms with Gasteiger partial charge in [0.2, 0.25) is 5.91 Å². The summed E-state index contributed by atoms with van der Waals surface area (Å²) in [5, 5.41) is 6.05. The molecule has 92 valence electrons. The zero-order chi connectivity index (χ0) is 12.1. The summed E-state index contributed by atoms with van der Waals surface area (Å²) in [6.07, 6.45) is 2.96. The maximum Gasteiger partial charge on any atom is 0.221 e. The van der Waals surface area contributed by atoms with Crippen molar-refractivity contribution in [2.24, 2.45) is 0 Å². The fourth-order valence-electron chi connectivity index (χ4n) is 2.30. The quantitative estimate of drug-likeness (QED) is 0.810. The lowest BCUT2D eigenvalue weighted by molar-refractivity contribution is -0.120. The molecule has 1 saturated carbocycles. The Morgan fingerprint density at radius 3 is 2.65 bits per heavy atom. The van der Waals surface area contributed by atoms with Gasteiger partial charge in [0, 0.05) is 26.1 Å². The van der Waals surface area contributed by atoms with Gasteiger partial charge >= 0.3 is 0 Å². The third-order valence-electron chi connectivity index (χ3n) is 3.47. The minimum absolute atomic E-state index is 0.108. The van der Waals surface area contributed by atoms with E-state index in [1.54, 1.807) is 7.05 Å². The van der Waals surface area contributed by atoms with Crippen LogP contribution in [0.15, 0.2) is 30.3 Å². The van der Waals surface area contributed by atoms with E-state index in [4.69, 9.17) is 0 Å². The maximum atomic E-state index is 11.0. The average molecular weight is 232 g/mol. The highest BCUT2D eigenvalue weighted by atomic mass is 16.1. The van der Waals surface area contributed by atoms with Gasteiger partial charge in [-0.2, -0.15) is 0 Å². The highest BCUT2D eigenvalue weighted by molar-refractivity contribution is 5.75. The number of amides is 1. The molecule has 1 aromatic carbocycles. The largest absolute Gasteiger partial charge is 0.359 e. The van der Waals surface area contributed by atoms with Crippen LogP contribution in [0.2, 0.25) is 0 Å². The second-order valence-corrected chi connectivity index (χ2v) is 4.65. The van der Waals surface area contributed by atoms with Crippen LogP contribution in [0, 0.1) is 0 Å². The van der Waals surface area contributed by atoms with Crippen LogP contribution in [0.5, 0.6) is 0 Å². The van der Waals surface area contributed by atoms with Gasteiger partial charge in [0.1, 0.15) is 0 Å². The molecule has 0 aromatic heterocycles. The summed E-state index contributed by atoms with van der Waals surface area (Å²) in [6.45, 7) is 0.784. The van der Waals surface area contributed by atoms with Crippen molar-refractivity contribution in [3.8, 4) is 0 Å². The number of carbonyl (C=O) groups is 1. The number of rotatable bonds is 5. The zero-order valence-electron chi connectivity index (χ0n) is 10.3. The molecule has 1 amide bonds. The van der Waals surface area contributed by atoms with Crippen LogP contribution in [-0.4, -0.2) is 25.5 Å². The summed E-state index contributed by atoms with van der Waals surface area (Å²) in [7, 11) is 1.68. The van der Waals surface area contributed by atoms with Crippen LogP contribution in [0.25, 0.3) is 0 Å². The van der Waals surface area contributed by atoms with Gasteiger partial charge in [-0.1, -0.05) is 30.3 Å². The molecule has 1 fully saturated rings. The SMILES string of the molecule is CNC(=O)CCNC1CC(c2ccccc2)C1. The molecule has 0 saturated heterocycles. The number of hydrogen-bond acceptors (Lipinski definition) is 2. The third kappa shape index (κ3) is 3.30. The van der Waals surface area contributed by atoms with E-state index >= 15 is 0 Å². The van der Waals surface area contributed by atoms with Crippen LogP contribution in [0.1, 0.15) is 30.7 Å². The van der Waals surface area contributed by atoms with E-state index < -0.39 is 0 Å². The first-order valence-corrected chi connectivity index (χ1v) is 6.28. The standard InChI is InChI=1S/C14H20N2O/c1-15-14(17)7-8-16-13-9-12(10-13)11-5-3-2-4-6-11/h2-6,12-13,16H,7-10H2,1H3,(H,15,17). The molecule has 1 aromatic rings. The maximum absolute atomic E-state index is 11.0. The smallest absolute Gasteiger partial charge is 0.221 e. The van der Waals surface area contributed by atoms with Gasteiger partial charge in [0.25, 0.3) is 0 Å². The van der Waals surface area contributed by atoms with Gasteiger partial charge in [-0.15, -0.1) is 0 Å². The Bertz CT molecular complexity index is 358. The van der Waals surface area contributed by atoms with E-state index in [0.29, 0.717) is 18.4 Å². The minimum Gasteiger partial charge on any atom is -0.359 e. The molecule has 17 heavy (non-hydrogen) atoms. The molecule has 0 bridgehead atoms. The summed E-state index contributed by atoms with van der Waals surface area (Å²) < 4.78 is 0. The third-order valence-corrected chi connectivity index (χ3v) is 3.47. The van der Waals surface area contributed by atoms with E-state index in [1.807, 2.05) is 0 Å². The number of carbonyl (C=O) groups excluding carboxylic acids is 1. The Kier molecular flexibility index (Phi) is 4.15. The Labute approximate surface area is 103 Å². The number of nitrogens with one attached hydrogen (secondary N) is 2. The highest BCUT2D eigenvalue weighted by Gasteiger charge is 2.29. The Morgan fingerprint density at radius 2 is 2.00 bits per heavy atom. The summed E-state index contributed by atoms with van der Waals surface area (Å²) in [5.74, 6) is 0.810. The van der Waals surface area contributed by atoms with E-state index in [0.717, 1.165) is 6.54 Å². The van der Waals surface area contributed by atoms with Crippen molar-refractivity contribution >= 4 is 5.91 Å². The molecule has 0 spiro atoms. The second kappa shape index (κ2) is 5.82. The lowest BCUT2D eigenvalue weighted by Gasteiger charge is -2.36. The molecule has 0 heterocycles. The molecule has 2 rings (SSSR count). The van der Waals surface area contributed by atoms with Gasteiger partial charge in [0.15, 0.2) is 0 Å². The highest BCUT2D eigenvalue weighted by Crippen LogP contribution is 2.36. The lowest BCUT2D eigenvalue weighted by atomic mass is 9.76. The van der Waals surface area contributed by atoms with Gasteiger partial charge in [0.05, 0.1) is 0 Å². The average Bonchev–Trinajstić information content (AvgIpc) is 2.32. The fourth-order valence-corrected chi connectivity index (χ4v) is 2.30. The second-order valence-electron chi connectivity index (χ2n) is 4.65. The van der Waals surface area contributed by atoms with Crippen LogP contribution < -0.4 is 10.6 Å². The van der Waals surface area contributed by atoms with E-state index in [9.17, 15) is 4.79 Å². The molecular weight excluding hydrogens is 212 g/mol. The Hall–Kier alpha value is -1.35. The van der Waals surface area contributed by atoms with Gasteiger partial charge in [-0.25, -0.2) is 0 Å². The zero-order valence-corrected chi connectivity index (χ0v) is 10.3. The topological polar surface area (TPSA) is 41.1 Å². The summed E-state index contributed by atoms with van der Waals surface area (Å²) in [6, 6.07) is 11.2. The predicted molar refractivity (Wildman–Crippen MR) is 68.9 cm³/mol. The first kappa shape index (κ1) is 12.1. The van der Waals surface area contributed by atoms with Crippen molar-refractivity contribution < 1.29 is 4.79 Å². The van der Waals surface area contributed by atoms with Crippen molar-refractivity contribution in [2.45, 2.75) is 31.2 Å². The fraction of sp³-hybridized carbons (Fsp3) is 0.500. The van der Waals surface area contributed by atoms with Crippen molar-refractivity contribution in [3.05, 3.63) is 35.9 Å². The number of hydrogen-bond donors (Lipinski definition) is 2. The van der Waals surface area contributed by atoms with Gasteiger partial charge in [-0.05, 0) is 24.3 Å². The van der Waals surface area contributed by atoms with E-state index in [1.165, 1.54) is 18.4 Å². The van der Waals surface area contributed by atoms with E-state index in [-0.39, 0.29) is 5.91 Å². The summed E-state index contributed by atoms with van der Waals surface area (Å²) >= 11 is 0. The first-order chi connectivity index (χ1) is 8.29. The molecular formula is C14H20N2O. The lowest BCUT2D eigenvalue weighted by Crippen LogP contribution is -2.41. The molecule has 0 unspecified atom stereocenters. The normalized spacial score (nSPS) is 22.9. The van der Waals surface area contributed by atoms with E-state index in [2.05, 4.69) is 41.0 Å². The van der Waals surface area contributed by atoms with Crippen LogP contribution in [0.3, 0.4) is 0 Å². The van der Waals surface area contributed by atoms with Crippen molar-refractivity contribution in [1.82, 2.24) is 10.6 Å². The molecule has 0 radical (unpaired) electrons. The molecule has 2 N–H and O–H groups in total. The molecule has 3 heteroatoms. The summed E-state index contributed by atoms with van der Waals surface area (Å²) in [5.41, 5.74) is 1.44. The summed E-state index contributed by atoms with van der Waals surface area (Å²) in [4.78, 5) is 11.0. The van der Waals surface area contributed by atoms with Crippen LogP contribution in [-0.2, 0) is 4.79 Å². The van der Waals surface area contributed by atoms with Gasteiger partial charge < -0.3 is 10.6 Å². The van der Waals surface area contributed by atoms with Crippen molar-refractivity contribution in [2.75, 3.05) is 13.6 Å². The van der Waals surface area contributed by atoms with Gasteiger partial charge in [-0.3, -0.25) is 4.79 Å². The van der Waals surface area contributed by atoms with Crippen LogP contribution in [0.4, 0.5) is 0 Å².